The molecule has 6 nitrogen and oxygen atoms in total. The Balaban J connectivity index is 1.57. The van der Waals surface area contributed by atoms with Crippen LogP contribution in [0.2, 0.25) is 5.02 Å². The van der Waals surface area contributed by atoms with E-state index in [4.69, 9.17) is 25.8 Å². The summed E-state index contributed by atoms with van der Waals surface area (Å²) in [5, 5.41) is 10.9. The zero-order valence-electron chi connectivity index (χ0n) is 17.0. The zero-order chi connectivity index (χ0) is 22.5. The van der Waals surface area contributed by atoms with Crippen molar-refractivity contribution in [2.24, 2.45) is 0 Å². The maximum absolute atomic E-state index is 13.2. The van der Waals surface area contributed by atoms with Gasteiger partial charge in [-0.2, -0.15) is 0 Å². The minimum absolute atomic E-state index is 0.0590. The van der Waals surface area contributed by atoms with Crippen molar-refractivity contribution in [3.05, 3.63) is 89.6 Å². The maximum atomic E-state index is 13.2. The fourth-order valence-electron chi connectivity index (χ4n) is 3.02. The number of methoxy groups -OCH3 is 1. The molecule has 0 fully saturated rings. The second kappa shape index (κ2) is 9.53. The number of nitrogens with zero attached hydrogens (tertiary/aromatic N) is 2. The molecule has 4 aromatic rings. The number of aromatic nitrogens is 2. The Morgan fingerprint density at radius 2 is 1.81 bits per heavy atom. The topological polar surface area (TPSA) is 73.7 Å². The van der Waals surface area contributed by atoms with Crippen LogP contribution in [0.1, 0.15) is 5.56 Å². The van der Waals surface area contributed by atoms with Crippen LogP contribution in [0.4, 0.5) is 4.39 Å². The predicted octanol–water partition coefficient (Wildman–Crippen LogP) is 6.02. The molecule has 8 heteroatoms. The van der Waals surface area contributed by atoms with Gasteiger partial charge >= 0.3 is 0 Å². The van der Waals surface area contributed by atoms with Crippen LogP contribution in [0, 0.1) is 5.82 Å². The third-order valence-electron chi connectivity index (χ3n) is 4.60. The maximum Gasteiger partial charge on any atom is 0.172 e. The van der Waals surface area contributed by atoms with Gasteiger partial charge in [0.15, 0.2) is 17.2 Å². The van der Waals surface area contributed by atoms with Gasteiger partial charge in [0, 0.05) is 17.2 Å². The average molecular weight is 453 g/mol. The van der Waals surface area contributed by atoms with Crippen molar-refractivity contribution in [2.75, 3.05) is 7.11 Å². The van der Waals surface area contributed by atoms with E-state index in [2.05, 4.69) is 9.97 Å². The lowest BCUT2D eigenvalue weighted by atomic mass is 10.1. The molecule has 0 amide bonds. The van der Waals surface area contributed by atoms with Gasteiger partial charge in [-0.1, -0.05) is 29.8 Å². The van der Waals surface area contributed by atoms with Crippen molar-refractivity contribution in [2.45, 2.75) is 6.61 Å². The summed E-state index contributed by atoms with van der Waals surface area (Å²) >= 11 is 6.03. The summed E-state index contributed by atoms with van der Waals surface area (Å²) in [7, 11) is 1.55. The third-order valence-corrected chi connectivity index (χ3v) is 4.95. The van der Waals surface area contributed by atoms with Crippen molar-refractivity contribution >= 4 is 11.6 Å². The van der Waals surface area contributed by atoms with Crippen LogP contribution in [0.15, 0.2) is 73.2 Å². The molecule has 0 unspecified atom stereocenters. The molecule has 0 aliphatic carbocycles. The van der Waals surface area contributed by atoms with Gasteiger partial charge in [-0.05, 0) is 36.4 Å². The fourth-order valence-corrected chi connectivity index (χ4v) is 3.24. The van der Waals surface area contributed by atoms with E-state index in [1.165, 1.54) is 30.7 Å². The summed E-state index contributed by atoms with van der Waals surface area (Å²) in [4.78, 5) is 8.30. The first-order chi connectivity index (χ1) is 15.5. The van der Waals surface area contributed by atoms with Crippen molar-refractivity contribution < 1.29 is 23.7 Å². The number of halogens is 2. The smallest absolute Gasteiger partial charge is 0.172 e. The number of phenolic OH excluding ortho intramolecular Hbond substituents is 1. The molecule has 0 bridgehead atoms. The van der Waals surface area contributed by atoms with E-state index >= 15 is 0 Å². The monoisotopic (exact) mass is 452 g/mol. The number of benzene rings is 3. The van der Waals surface area contributed by atoms with Crippen LogP contribution in [-0.2, 0) is 6.61 Å². The van der Waals surface area contributed by atoms with Crippen LogP contribution >= 0.6 is 11.6 Å². The summed E-state index contributed by atoms with van der Waals surface area (Å²) < 4.78 is 30.2. The van der Waals surface area contributed by atoms with E-state index < -0.39 is 5.82 Å². The molecule has 0 spiro atoms. The largest absolute Gasteiger partial charge is 0.507 e. The van der Waals surface area contributed by atoms with Gasteiger partial charge in [-0.25, -0.2) is 14.4 Å². The first-order valence-corrected chi connectivity index (χ1v) is 9.94. The Kier molecular flexibility index (Phi) is 6.37. The first kappa shape index (κ1) is 21.4. The van der Waals surface area contributed by atoms with Crippen LogP contribution in [-0.4, -0.2) is 22.2 Å². The van der Waals surface area contributed by atoms with Crippen LogP contribution in [0.5, 0.6) is 28.7 Å². The molecule has 1 heterocycles. The van der Waals surface area contributed by atoms with Gasteiger partial charge in [0.05, 0.1) is 18.3 Å². The van der Waals surface area contributed by atoms with E-state index in [1.54, 1.807) is 37.4 Å². The highest BCUT2D eigenvalue weighted by Crippen LogP contribution is 2.39. The summed E-state index contributed by atoms with van der Waals surface area (Å²) in [6, 6.07) is 16.1. The van der Waals surface area contributed by atoms with Crippen LogP contribution in [0.25, 0.3) is 11.3 Å². The van der Waals surface area contributed by atoms with E-state index in [0.717, 1.165) is 0 Å². The number of para-hydroxylation sites is 2. The Hall–Kier alpha value is -3.84. The van der Waals surface area contributed by atoms with Gasteiger partial charge in [-0.3, -0.25) is 0 Å². The first-order valence-electron chi connectivity index (χ1n) is 9.56. The molecule has 1 N–H and O–H groups in total. The molecule has 162 valence electrons. The summed E-state index contributed by atoms with van der Waals surface area (Å²) in [6.07, 6.45) is 2.87. The number of aromatic hydroxyl groups is 1. The molecule has 0 aliphatic rings. The van der Waals surface area contributed by atoms with Crippen molar-refractivity contribution in [3.8, 4) is 40.0 Å². The van der Waals surface area contributed by atoms with Crippen molar-refractivity contribution in [3.63, 3.8) is 0 Å². The molecule has 4 rings (SSSR count). The molecule has 3 aromatic carbocycles. The lowest BCUT2D eigenvalue weighted by molar-refractivity contribution is 0.304. The van der Waals surface area contributed by atoms with Crippen LogP contribution < -0.4 is 14.2 Å². The highest BCUT2D eigenvalue weighted by atomic mass is 35.5. The lowest BCUT2D eigenvalue weighted by Gasteiger charge is -2.14. The van der Waals surface area contributed by atoms with Gasteiger partial charge in [0.1, 0.15) is 35.9 Å². The number of hydrogen-bond donors (Lipinski definition) is 1. The quantitative estimate of drug-likeness (QED) is 0.369. The standard InChI is InChI=1S/C24H18ClFN2O4/c1-30-21-4-2-3-5-22(21)32-23-12-27-14-28-24(23)18-9-8-17(11-20(18)29)31-13-15-6-7-16(26)10-19(15)25/h2-12,14,29H,13H2,1H3. The molecular weight excluding hydrogens is 435 g/mol. The minimum atomic E-state index is -0.420. The number of ether oxygens (including phenoxy) is 3. The Labute approximate surface area is 188 Å². The molecule has 0 aliphatic heterocycles. The van der Waals surface area contributed by atoms with Gasteiger partial charge in [0.25, 0.3) is 0 Å². The Morgan fingerprint density at radius 3 is 2.56 bits per heavy atom. The molecular formula is C24H18ClFN2O4. The number of phenols is 1. The van der Waals surface area contributed by atoms with E-state index in [9.17, 15) is 9.50 Å². The number of rotatable bonds is 7. The Morgan fingerprint density at radius 1 is 1.00 bits per heavy atom. The highest BCUT2D eigenvalue weighted by Gasteiger charge is 2.16. The second-order valence-electron chi connectivity index (χ2n) is 6.69. The minimum Gasteiger partial charge on any atom is -0.507 e. The van der Waals surface area contributed by atoms with E-state index in [-0.39, 0.29) is 17.4 Å². The number of hydrogen-bond acceptors (Lipinski definition) is 6. The Bertz CT molecular complexity index is 1250. The molecule has 0 saturated heterocycles. The van der Waals surface area contributed by atoms with Gasteiger partial charge in [-0.15, -0.1) is 0 Å². The van der Waals surface area contributed by atoms with Gasteiger partial charge in [0.2, 0.25) is 0 Å². The third kappa shape index (κ3) is 4.73. The molecule has 32 heavy (non-hydrogen) atoms. The second-order valence-corrected chi connectivity index (χ2v) is 7.10. The summed E-state index contributed by atoms with van der Waals surface area (Å²) in [6.45, 7) is 0.119. The summed E-state index contributed by atoms with van der Waals surface area (Å²) in [5.74, 6) is 1.32. The lowest BCUT2D eigenvalue weighted by Crippen LogP contribution is -1.98. The zero-order valence-corrected chi connectivity index (χ0v) is 17.7. The predicted molar refractivity (Wildman–Crippen MR) is 118 cm³/mol. The van der Waals surface area contributed by atoms with E-state index in [0.29, 0.717) is 39.8 Å². The highest BCUT2D eigenvalue weighted by molar-refractivity contribution is 6.31. The SMILES string of the molecule is COc1ccccc1Oc1cncnc1-c1ccc(OCc2ccc(F)cc2Cl)cc1O. The summed E-state index contributed by atoms with van der Waals surface area (Å²) in [5.41, 5.74) is 1.46. The average Bonchev–Trinajstić information content (AvgIpc) is 2.79. The van der Waals surface area contributed by atoms with Crippen LogP contribution in [0.3, 0.4) is 0 Å². The fraction of sp³-hybridized carbons (Fsp3) is 0.0833. The van der Waals surface area contributed by atoms with Crippen molar-refractivity contribution in [1.29, 1.82) is 0 Å². The molecule has 0 radical (unpaired) electrons. The normalized spacial score (nSPS) is 10.6. The molecule has 1 aromatic heterocycles. The van der Waals surface area contributed by atoms with Gasteiger partial charge < -0.3 is 19.3 Å². The van der Waals surface area contributed by atoms with E-state index in [1.807, 2.05) is 12.1 Å². The molecule has 0 atom stereocenters. The molecule has 0 saturated carbocycles. The van der Waals surface area contributed by atoms with Crippen molar-refractivity contribution in [1.82, 2.24) is 9.97 Å².